The van der Waals surface area contributed by atoms with Crippen molar-refractivity contribution in [3.8, 4) is 0 Å². The van der Waals surface area contributed by atoms with Crippen LogP contribution in [0.25, 0.3) is 0 Å². The highest BCUT2D eigenvalue weighted by molar-refractivity contribution is 5.62. The molecule has 0 amide bonds. The zero-order chi connectivity index (χ0) is 15.4. The quantitative estimate of drug-likeness (QED) is 0.646. The van der Waals surface area contributed by atoms with Gasteiger partial charge in [-0.25, -0.2) is 4.39 Å². The first kappa shape index (κ1) is 15.0. The highest BCUT2D eigenvalue weighted by Crippen LogP contribution is 2.31. The predicted octanol–water partition coefficient (Wildman–Crippen LogP) is 4.61. The second kappa shape index (κ2) is 6.35. The first-order valence-corrected chi connectivity index (χ1v) is 6.79. The third-order valence-corrected chi connectivity index (χ3v) is 3.46. The molecule has 0 saturated carbocycles. The summed E-state index contributed by atoms with van der Waals surface area (Å²) in [5.41, 5.74) is 2.23. The van der Waals surface area contributed by atoms with Crippen LogP contribution in [0.15, 0.2) is 42.5 Å². The van der Waals surface area contributed by atoms with Crippen molar-refractivity contribution in [2.45, 2.75) is 26.3 Å². The van der Waals surface area contributed by atoms with Gasteiger partial charge in [0.2, 0.25) is 0 Å². The average Bonchev–Trinajstić information content (AvgIpc) is 2.45. The fourth-order valence-electron chi connectivity index (χ4n) is 2.35. The Bertz CT molecular complexity index is 658. The lowest BCUT2D eigenvalue weighted by atomic mass is 9.99. The van der Waals surface area contributed by atoms with Gasteiger partial charge in [-0.3, -0.25) is 10.1 Å². The molecule has 1 N–H and O–H groups in total. The highest BCUT2D eigenvalue weighted by atomic mass is 19.1. The van der Waals surface area contributed by atoms with E-state index in [9.17, 15) is 14.5 Å². The molecule has 0 fully saturated rings. The first-order valence-electron chi connectivity index (χ1n) is 6.79. The molecule has 4 nitrogen and oxygen atoms in total. The monoisotopic (exact) mass is 288 g/mol. The molecule has 0 saturated heterocycles. The normalized spacial score (nSPS) is 12.0. The van der Waals surface area contributed by atoms with Gasteiger partial charge in [-0.15, -0.1) is 0 Å². The number of anilines is 1. The zero-order valence-electron chi connectivity index (χ0n) is 12.0. The summed E-state index contributed by atoms with van der Waals surface area (Å²) < 4.78 is 13.4. The SMILES string of the molecule is CCC(Nc1cc(F)ccc1[N+](=O)[O-])c1ccccc1C. The number of nitrogens with one attached hydrogen (secondary N) is 1. The Hall–Kier alpha value is -2.43. The highest BCUT2D eigenvalue weighted by Gasteiger charge is 2.19. The number of rotatable bonds is 5. The average molecular weight is 288 g/mol. The van der Waals surface area contributed by atoms with Gasteiger partial charge in [-0.05, 0) is 30.5 Å². The lowest BCUT2D eigenvalue weighted by Crippen LogP contribution is -2.12. The summed E-state index contributed by atoms with van der Waals surface area (Å²) in [7, 11) is 0. The number of halogens is 1. The summed E-state index contributed by atoms with van der Waals surface area (Å²) in [5, 5.41) is 14.1. The minimum atomic E-state index is -0.508. The number of hydrogen-bond acceptors (Lipinski definition) is 3. The molecule has 1 atom stereocenters. The maximum atomic E-state index is 13.4. The fraction of sp³-hybridized carbons (Fsp3) is 0.250. The number of benzene rings is 2. The van der Waals surface area contributed by atoms with Crippen LogP contribution in [0.4, 0.5) is 15.8 Å². The van der Waals surface area contributed by atoms with E-state index in [1.807, 2.05) is 38.1 Å². The molecule has 0 spiro atoms. The Morgan fingerprint density at radius 1 is 1.29 bits per heavy atom. The minimum absolute atomic E-state index is 0.105. The van der Waals surface area contributed by atoms with Crippen molar-refractivity contribution in [2.75, 3.05) is 5.32 Å². The second-order valence-electron chi connectivity index (χ2n) is 4.88. The molecule has 0 bridgehead atoms. The van der Waals surface area contributed by atoms with Crippen molar-refractivity contribution in [3.63, 3.8) is 0 Å². The Balaban J connectivity index is 2.37. The van der Waals surface area contributed by atoms with E-state index in [4.69, 9.17) is 0 Å². The van der Waals surface area contributed by atoms with Gasteiger partial charge >= 0.3 is 0 Å². The molecule has 0 aliphatic carbocycles. The third kappa shape index (κ3) is 3.37. The van der Waals surface area contributed by atoms with Crippen LogP contribution in [0.2, 0.25) is 0 Å². The van der Waals surface area contributed by atoms with Crippen LogP contribution in [-0.4, -0.2) is 4.92 Å². The maximum Gasteiger partial charge on any atom is 0.292 e. The summed E-state index contributed by atoms with van der Waals surface area (Å²) in [6, 6.07) is 11.2. The molecule has 1 unspecified atom stereocenters. The lowest BCUT2D eigenvalue weighted by Gasteiger charge is -2.20. The number of nitro groups is 1. The van der Waals surface area contributed by atoms with Gasteiger partial charge in [0.15, 0.2) is 0 Å². The van der Waals surface area contributed by atoms with Crippen molar-refractivity contribution >= 4 is 11.4 Å². The molecule has 0 radical (unpaired) electrons. The van der Waals surface area contributed by atoms with Crippen molar-refractivity contribution in [1.82, 2.24) is 0 Å². The number of nitrogens with zero attached hydrogens (tertiary/aromatic N) is 1. The smallest absolute Gasteiger partial charge is 0.292 e. The molecule has 2 aromatic rings. The topological polar surface area (TPSA) is 55.2 Å². The standard InChI is InChI=1S/C16H17FN2O2/c1-3-14(13-7-5-4-6-11(13)2)18-15-10-12(17)8-9-16(15)19(20)21/h4-10,14,18H,3H2,1-2H3. The van der Waals surface area contributed by atoms with E-state index in [0.29, 0.717) is 0 Å². The van der Waals surface area contributed by atoms with Crippen molar-refractivity contribution in [2.24, 2.45) is 0 Å². The largest absolute Gasteiger partial charge is 0.373 e. The van der Waals surface area contributed by atoms with Crippen LogP contribution in [0, 0.1) is 22.9 Å². The lowest BCUT2D eigenvalue weighted by molar-refractivity contribution is -0.384. The van der Waals surface area contributed by atoms with Crippen LogP contribution in [0.1, 0.15) is 30.5 Å². The molecule has 110 valence electrons. The number of aryl methyl sites for hydroxylation is 1. The van der Waals surface area contributed by atoms with E-state index in [1.54, 1.807) is 0 Å². The Morgan fingerprint density at radius 3 is 2.62 bits per heavy atom. The van der Waals surface area contributed by atoms with Crippen LogP contribution in [0.5, 0.6) is 0 Å². The van der Waals surface area contributed by atoms with E-state index in [2.05, 4.69) is 5.32 Å². The molecular formula is C16H17FN2O2. The molecule has 2 rings (SSSR count). The number of nitro benzene ring substituents is 1. The van der Waals surface area contributed by atoms with Gasteiger partial charge in [-0.2, -0.15) is 0 Å². The van der Waals surface area contributed by atoms with Gasteiger partial charge in [-0.1, -0.05) is 31.2 Å². The van der Waals surface area contributed by atoms with Gasteiger partial charge in [0.05, 0.1) is 11.0 Å². The van der Waals surface area contributed by atoms with E-state index < -0.39 is 10.7 Å². The van der Waals surface area contributed by atoms with E-state index >= 15 is 0 Å². The second-order valence-corrected chi connectivity index (χ2v) is 4.88. The van der Waals surface area contributed by atoms with Crippen molar-refractivity contribution < 1.29 is 9.31 Å². The summed E-state index contributed by atoms with van der Waals surface area (Å²) in [6.07, 6.45) is 0.735. The van der Waals surface area contributed by atoms with Crippen LogP contribution < -0.4 is 5.32 Å². The molecule has 0 heterocycles. The summed E-state index contributed by atoms with van der Waals surface area (Å²) in [5.74, 6) is -0.497. The summed E-state index contributed by atoms with van der Waals surface area (Å²) in [6.45, 7) is 3.97. The Kier molecular flexibility index (Phi) is 4.52. The zero-order valence-corrected chi connectivity index (χ0v) is 12.0. The summed E-state index contributed by atoms with van der Waals surface area (Å²) >= 11 is 0. The predicted molar refractivity (Wildman–Crippen MR) is 80.9 cm³/mol. The van der Waals surface area contributed by atoms with Gasteiger partial charge in [0.25, 0.3) is 5.69 Å². The molecule has 2 aromatic carbocycles. The number of hydrogen-bond donors (Lipinski definition) is 1. The summed E-state index contributed by atoms with van der Waals surface area (Å²) in [4.78, 5) is 10.5. The third-order valence-electron chi connectivity index (χ3n) is 3.46. The van der Waals surface area contributed by atoms with Crippen molar-refractivity contribution in [3.05, 3.63) is 69.5 Å². The van der Waals surface area contributed by atoms with Gasteiger partial charge < -0.3 is 5.32 Å². The van der Waals surface area contributed by atoms with E-state index in [1.165, 1.54) is 12.1 Å². The molecule has 21 heavy (non-hydrogen) atoms. The van der Waals surface area contributed by atoms with E-state index in [-0.39, 0.29) is 17.4 Å². The maximum absolute atomic E-state index is 13.4. The Labute approximate surface area is 122 Å². The van der Waals surface area contributed by atoms with Crippen LogP contribution in [-0.2, 0) is 0 Å². The minimum Gasteiger partial charge on any atom is -0.373 e. The Morgan fingerprint density at radius 2 is 2.00 bits per heavy atom. The molecule has 0 aliphatic heterocycles. The van der Waals surface area contributed by atoms with E-state index in [0.717, 1.165) is 23.6 Å². The fourth-order valence-corrected chi connectivity index (χ4v) is 2.35. The van der Waals surface area contributed by atoms with Gasteiger partial charge in [0, 0.05) is 12.1 Å². The van der Waals surface area contributed by atoms with Gasteiger partial charge in [0.1, 0.15) is 11.5 Å². The van der Waals surface area contributed by atoms with Crippen molar-refractivity contribution in [1.29, 1.82) is 0 Å². The first-order chi connectivity index (χ1) is 10.0. The molecule has 0 aliphatic rings. The molecule has 5 heteroatoms. The molecule has 0 aromatic heterocycles. The van der Waals surface area contributed by atoms with Crippen LogP contribution >= 0.6 is 0 Å². The van der Waals surface area contributed by atoms with Crippen LogP contribution in [0.3, 0.4) is 0 Å². The molecular weight excluding hydrogens is 271 g/mol.